The van der Waals surface area contributed by atoms with Crippen molar-refractivity contribution >= 4 is 5.97 Å². The summed E-state index contributed by atoms with van der Waals surface area (Å²) in [5, 5.41) is 9.47. The molecule has 0 saturated carbocycles. The minimum absolute atomic E-state index is 0.418. The van der Waals surface area contributed by atoms with Gasteiger partial charge in [-0.3, -0.25) is 0 Å². The van der Waals surface area contributed by atoms with Gasteiger partial charge in [-0.15, -0.1) is 0 Å². The molecule has 1 atom stereocenters. The van der Waals surface area contributed by atoms with Crippen LogP contribution in [0.3, 0.4) is 0 Å². The van der Waals surface area contributed by atoms with Crippen molar-refractivity contribution in [3.8, 4) is 5.75 Å². The van der Waals surface area contributed by atoms with Crippen LogP contribution in [0.1, 0.15) is 38.2 Å². The lowest BCUT2D eigenvalue weighted by Gasteiger charge is -2.09. The smallest absolute Gasteiger partial charge is 0.334 e. The molecule has 0 aliphatic heterocycles. The van der Waals surface area contributed by atoms with Crippen LogP contribution < -0.4 is 4.74 Å². The maximum atomic E-state index is 11.0. The molecule has 0 fully saturated rings. The Morgan fingerprint density at radius 1 is 1.25 bits per heavy atom. The van der Waals surface area contributed by atoms with Crippen LogP contribution >= 0.6 is 0 Å². The second-order valence-electron chi connectivity index (χ2n) is 4.78. The number of carbonyl (C=O) groups is 1. The average molecular weight is 280 g/mol. The number of hydrogen-bond donors (Lipinski definition) is 1. The van der Waals surface area contributed by atoms with Crippen molar-refractivity contribution in [2.45, 2.75) is 45.1 Å². The van der Waals surface area contributed by atoms with E-state index in [4.69, 9.17) is 4.74 Å². The molecule has 1 N–H and O–H groups in total. The second-order valence-corrected chi connectivity index (χ2v) is 4.78. The van der Waals surface area contributed by atoms with Gasteiger partial charge in [-0.2, -0.15) is 0 Å². The summed E-state index contributed by atoms with van der Waals surface area (Å²) in [5.41, 5.74) is 1.17. The highest BCUT2D eigenvalue weighted by molar-refractivity contribution is 5.74. The first-order valence-electron chi connectivity index (χ1n) is 7.15. The predicted octanol–water partition coefficient (Wildman–Crippen LogP) is 2.72. The van der Waals surface area contributed by atoms with Gasteiger partial charge in [-0.05, 0) is 43.4 Å². The summed E-state index contributed by atoms with van der Waals surface area (Å²) in [6.07, 6.45) is 3.15. The summed E-state index contributed by atoms with van der Waals surface area (Å²) in [4.78, 5) is 11.0. The highest BCUT2D eigenvalue weighted by Crippen LogP contribution is 2.15. The lowest BCUT2D eigenvalue weighted by molar-refractivity contribution is -0.150. The molecule has 0 amide bonds. The fourth-order valence-electron chi connectivity index (χ4n) is 1.84. The van der Waals surface area contributed by atoms with Crippen LogP contribution in [0.4, 0.5) is 0 Å². The van der Waals surface area contributed by atoms with Crippen molar-refractivity contribution < 1.29 is 19.4 Å². The van der Waals surface area contributed by atoms with Crippen LogP contribution in [-0.4, -0.2) is 30.9 Å². The minimum atomic E-state index is -1.02. The number of methoxy groups -OCH3 is 1. The number of rotatable bonds is 9. The molecule has 0 spiro atoms. The van der Waals surface area contributed by atoms with Gasteiger partial charge in [-0.1, -0.05) is 25.5 Å². The molecule has 0 aliphatic carbocycles. The van der Waals surface area contributed by atoms with E-state index in [1.165, 1.54) is 12.7 Å². The molecule has 0 bridgehead atoms. The van der Waals surface area contributed by atoms with E-state index < -0.39 is 12.1 Å². The van der Waals surface area contributed by atoms with Crippen molar-refractivity contribution in [3.63, 3.8) is 0 Å². The third-order valence-corrected chi connectivity index (χ3v) is 3.11. The fraction of sp³-hybridized carbons (Fsp3) is 0.562. The molecule has 1 aromatic carbocycles. The standard InChI is InChI=1S/C16H24O4/c1-3-4-12-20-14-10-8-13(9-11-14)6-5-7-15(17)16(18)19-2/h8-11,15,17H,3-7,12H2,1-2H3/t15-/m1/s1. The Labute approximate surface area is 120 Å². The van der Waals surface area contributed by atoms with E-state index in [9.17, 15) is 9.90 Å². The molecule has 4 nitrogen and oxygen atoms in total. The quantitative estimate of drug-likeness (QED) is 0.558. The van der Waals surface area contributed by atoms with Gasteiger partial charge in [0.1, 0.15) is 5.75 Å². The average Bonchev–Trinajstić information content (AvgIpc) is 2.48. The van der Waals surface area contributed by atoms with E-state index in [0.717, 1.165) is 38.0 Å². The van der Waals surface area contributed by atoms with E-state index in [1.54, 1.807) is 0 Å². The number of benzene rings is 1. The first kappa shape index (κ1) is 16.5. The number of aliphatic hydroxyl groups excluding tert-OH is 1. The van der Waals surface area contributed by atoms with Crippen molar-refractivity contribution in [2.75, 3.05) is 13.7 Å². The fourth-order valence-corrected chi connectivity index (χ4v) is 1.84. The van der Waals surface area contributed by atoms with Crippen molar-refractivity contribution in [3.05, 3.63) is 29.8 Å². The summed E-state index contributed by atoms with van der Waals surface area (Å²) < 4.78 is 10.1. The molecule has 0 aromatic heterocycles. The minimum Gasteiger partial charge on any atom is -0.494 e. The highest BCUT2D eigenvalue weighted by Gasteiger charge is 2.14. The van der Waals surface area contributed by atoms with Crippen LogP contribution in [0.15, 0.2) is 24.3 Å². The lowest BCUT2D eigenvalue weighted by Crippen LogP contribution is -2.21. The number of carbonyl (C=O) groups excluding carboxylic acids is 1. The maximum absolute atomic E-state index is 11.0. The second kappa shape index (κ2) is 9.37. The molecular formula is C16H24O4. The Hall–Kier alpha value is -1.55. The zero-order chi connectivity index (χ0) is 14.8. The topological polar surface area (TPSA) is 55.8 Å². The molecular weight excluding hydrogens is 256 g/mol. The maximum Gasteiger partial charge on any atom is 0.334 e. The first-order valence-corrected chi connectivity index (χ1v) is 7.15. The van der Waals surface area contributed by atoms with Gasteiger partial charge in [0.15, 0.2) is 6.10 Å². The van der Waals surface area contributed by atoms with Crippen LogP contribution in [0, 0.1) is 0 Å². The van der Waals surface area contributed by atoms with Crippen molar-refractivity contribution in [2.24, 2.45) is 0 Å². The molecule has 4 heteroatoms. The molecule has 0 heterocycles. The molecule has 0 saturated heterocycles. The zero-order valence-corrected chi connectivity index (χ0v) is 12.3. The Balaban J connectivity index is 2.29. The first-order chi connectivity index (χ1) is 9.67. The van der Waals surface area contributed by atoms with E-state index >= 15 is 0 Å². The number of hydrogen-bond acceptors (Lipinski definition) is 4. The van der Waals surface area contributed by atoms with E-state index in [1.807, 2.05) is 24.3 Å². The van der Waals surface area contributed by atoms with E-state index in [0.29, 0.717) is 6.42 Å². The predicted molar refractivity (Wildman–Crippen MR) is 77.8 cm³/mol. The Kier molecular flexibility index (Phi) is 7.73. The molecule has 0 aliphatic rings. The number of aliphatic hydroxyl groups is 1. The van der Waals surface area contributed by atoms with Crippen LogP contribution in [0.5, 0.6) is 5.75 Å². The van der Waals surface area contributed by atoms with Crippen LogP contribution in [-0.2, 0) is 16.0 Å². The van der Waals surface area contributed by atoms with Gasteiger partial charge in [0.2, 0.25) is 0 Å². The largest absolute Gasteiger partial charge is 0.494 e. The van der Waals surface area contributed by atoms with Gasteiger partial charge in [0, 0.05) is 0 Å². The Morgan fingerprint density at radius 3 is 2.55 bits per heavy atom. The van der Waals surface area contributed by atoms with Crippen LogP contribution in [0.25, 0.3) is 0 Å². The molecule has 0 radical (unpaired) electrons. The molecule has 1 rings (SSSR count). The number of aryl methyl sites for hydroxylation is 1. The third kappa shape index (κ3) is 6.06. The highest BCUT2D eigenvalue weighted by atomic mass is 16.5. The lowest BCUT2D eigenvalue weighted by atomic mass is 10.1. The van der Waals surface area contributed by atoms with Gasteiger partial charge in [0.05, 0.1) is 13.7 Å². The molecule has 112 valence electrons. The Morgan fingerprint density at radius 2 is 1.95 bits per heavy atom. The number of ether oxygens (including phenoxy) is 2. The summed E-state index contributed by atoms with van der Waals surface area (Å²) in [6.45, 7) is 2.89. The van der Waals surface area contributed by atoms with Crippen LogP contribution in [0.2, 0.25) is 0 Å². The van der Waals surface area contributed by atoms with Gasteiger partial charge in [-0.25, -0.2) is 4.79 Å². The SMILES string of the molecule is CCCCOc1ccc(CCC[C@@H](O)C(=O)OC)cc1. The summed E-state index contributed by atoms with van der Waals surface area (Å²) >= 11 is 0. The molecule has 0 unspecified atom stereocenters. The molecule has 20 heavy (non-hydrogen) atoms. The van der Waals surface area contributed by atoms with Crippen molar-refractivity contribution in [1.29, 1.82) is 0 Å². The Bertz CT molecular complexity index is 386. The normalized spacial score (nSPS) is 11.9. The molecule has 1 aromatic rings. The van der Waals surface area contributed by atoms with Gasteiger partial charge in [0.25, 0.3) is 0 Å². The summed E-state index contributed by atoms with van der Waals surface area (Å²) in [5.74, 6) is 0.321. The van der Waals surface area contributed by atoms with Crippen molar-refractivity contribution in [1.82, 2.24) is 0 Å². The number of esters is 1. The zero-order valence-electron chi connectivity index (χ0n) is 12.3. The van der Waals surface area contributed by atoms with E-state index in [2.05, 4.69) is 11.7 Å². The summed E-state index contributed by atoms with van der Waals surface area (Å²) in [7, 11) is 1.28. The number of unbranched alkanes of at least 4 members (excludes halogenated alkanes) is 1. The summed E-state index contributed by atoms with van der Waals surface area (Å²) in [6, 6.07) is 7.96. The van der Waals surface area contributed by atoms with Gasteiger partial charge >= 0.3 is 5.97 Å². The third-order valence-electron chi connectivity index (χ3n) is 3.11. The van der Waals surface area contributed by atoms with E-state index in [-0.39, 0.29) is 0 Å². The monoisotopic (exact) mass is 280 g/mol. The van der Waals surface area contributed by atoms with Gasteiger partial charge < -0.3 is 14.6 Å².